The average molecular weight is 291 g/mol. The van der Waals surface area contributed by atoms with E-state index in [2.05, 4.69) is 12.2 Å². The Morgan fingerprint density at radius 2 is 1.86 bits per heavy atom. The molecule has 0 bridgehead atoms. The fourth-order valence-corrected chi connectivity index (χ4v) is 3.46. The second-order valence-electron chi connectivity index (χ2n) is 6.49. The summed E-state index contributed by atoms with van der Waals surface area (Å²) < 4.78 is 13.1. The number of benzene rings is 1. The normalized spacial score (nSPS) is 17.2. The van der Waals surface area contributed by atoms with Crippen molar-refractivity contribution in [3.63, 3.8) is 0 Å². The first-order valence-corrected chi connectivity index (χ1v) is 8.78. The monoisotopic (exact) mass is 291 g/mol. The highest BCUT2D eigenvalue weighted by atomic mass is 19.1. The van der Waals surface area contributed by atoms with Gasteiger partial charge in [0, 0.05) is 6.04 Å². The zero-order valence-corrected chi connectivity index (χ0v) is 13.4. The lowest BCUT2D eigenvalue weighted by molar-refractivity contribution is 0.432. The van der Waals surface area contributed by atoms with Gasteiger partial charge >= 0.3 is 0 Å². The molecule has 0 aromatic heterocycles. The number of rotatable bonds is 9. The van der Waals surface area contributed by atoms with Crippen LogP contribution in [-0.2, 0) is 0 Å². The maximum absolute atomic E-state index is 13.1. The van der Waals surface area contributed by atoms with Crippen molar-refractivity contribution < 1.29 is 4.39 Å². The van der Waals surface area contributed by atoms with E-state index in [1.165, 1.54) is 56.9 Å². The molecule has 2 heteroatoms. The molecular formula is C19H30FN. The molecule has 1 atom stereocenters. The van der Waals surface area contributed by atoms with Gasteiger partial charge in [0.2, 0.25) is 0 Å². The lowest BCUT2D eigenvalue weighted by Crippen LogP contribution is -2.23. The molecule has 0 aliphatic heterocycles. The van der Waals surface area contributed by atoms with Crippen molar-refractivity contribution >= 4 is 0 Å². The Kier molecular flexibility index (Phi) is 7.21. The molecule has 1 aliphatic carbocycles. The molecule has 0 heterocycles. The van der Waals surface area contributed by atoms with Crippen molar-refractivity contribution in [3.05, 3.63) is 35.6 Å². The van der Waals surface area contributed by atoms with Crippen LogP contribution in [0.15, 0.2) is 24.3 Å². The number of hydrogen-bond acceptors (Lipinski definition) is 1. The predicted molar refractivity (Wildman–Crippen MR) is 87.9 cm³/mol. The third-order valence-corrected chi connectivity index (χ3v) is 4.77. The first-order valence-electron chi connectivity index (χ1n) is 8.78. The van der Waals surface area contributed by atoms with E-state index < -0.39 is 0 Å². The van der Waals surface area contributed by atoms with E-state index in [-0.39, 0.29) is 5.82 Å². The summed E-state index contributed by atoms with van der Waals surface area (Å²) in [4.78, 5) is 0. The summed E-state index contributed by atoms with van der Waals surface area (Å²) in [5.41, 5.74) is 1.23. The summed E-state index contributed by atoms with van der Waals surface area (Å²) in [5, 5.41) is 3.69. The lowest BCUT2D eigenvalue weighted by atomic mass is 9.99. The molecule has 118 valence electrons. The molecular weight excluding hydrogens is 261 g/mol. The van der Waals surface area contributed by atoms with Crippen LogP contribution in [0.5, 0.6) is 0 Å². The fourth-order valence-electron chi connectivity index (χ4n) is 3.46. The van der Waals surface area contributed by atoms with Gasteiger partial charge in [0.25, 0.3) is 0 Å². The minimum atomic E-state index is -0.144. The molecule has 1 unspecified atom stereocenters. The second-order valence-corrected chi connectivity index (χ2v) is 6.49. The quantitative estimate of drug-likeness (QED) is 0.582. The van der Waals surface area contributed by atoms with Gasteiger partial charge in [0.1, 0.15) is 5.82 Å². The third-order valence-electron chi connectivity index (χ3n) is 4.77. The van der Waals surface area contributed by atoms with Crippen LogP contribution in [0, 0.1) is 11.7 Å². The van der Waals surface area contributed by atoms with Gasteiger partial charge in [0.05, 0.1) is 0 Å². The molecule has 1 N–H and O–H groups in total. The Bertz CT molecular complexity index is 381. The Morgan fingerprint density at radius 1 is 1.14 bits per heavy atom. The Labute approximate surface area is 129 Å². The lowest BCUT2D eigenvalue weighted by Gasteiger charge is -2.20. The van der Waals surface area contributed by atoms with Crippen molar-refractivity contribution in [3.8, 4) is 0 Å². The molecule has 1 saturated carbocycles. The molecule has 1 nitrogen and oxygen atoms in total. The topological polar surface area (TPSA) is 12.0 Å². The van der Waals surface area contributed by atoms with E-state index in [0.717, 1.165) is 18.9 Å². The van der Waals surface area contributed by atoms with Gasteiger partial charge in [-0.05, 0) is 49.4 Å². The van der Waals surface area contributed by atoms with Crippen molar-refractivity contribution in [2.75, 3.05) is 6.54 Å². The number of nitrogens with one attached hydrogen (secondary N) is 1. The standard InChI is InChI=1S/C19H30FN/c1-2-3-10-19(17-11-13-18(20)14-12-17)21-15-6-9-16-7-4-5-8-16/h11-14,16,19,21H,2-10,15H2,1H3. The van der Waals surface area contributed by atoms with E-state index in [1.807, 2.05) is 12.1 Å². The highest BCUT2D eigenvalue weighted by Gasteiger charge is 2.15. The van der Waals surface area contributed by atoms with Gasteiger partial charge in [0.15, 0.2) is 0 Å². The molecule has 0 saturated heterocycles. The van der Waals surface area contributed by atoms with Gasteiger partial charge in [-0.2, -0.15) is 0 Å². The molecule has 1 aromatic carbocycles. The van der Waals surface area contributed by atoms with E-state index in [4.69, 9.17) is 0 Å². The number of unbranched alkanes of at least 4 members (excludes halogenated alkanes) is 1. The van der Waals surface area contributed by atoms with Crippen molar-refractivity contribution in [1.29, 1.82) is 0 Å². The number of halogens is 1. The highest BCUT2D eigenvalue weighted by Crippen LogP contribution is 2.28. The van der Waals surface area contributed by atoms with Crippen LogP contribution < -0.4 is 5.32 Å². The van der Waals surface area contributed by atoms with Gasteiger partial charge in [-0.1, -0.05) is 57.6 Å². The summed E-state index contributed by atoms with van der Waals surface area (Å²) >= 11 is 0. The van der Waals surface area contributed by atoms with Gasteiger partial charge in [-0.3, -0.25) is 0 Å². The smallest absolute Gasteiger partial charge is 0.123 e. The minimum absolute atomic E-state index is 0.144. The number of hydrogen-bond donors (Lipinski definition) is 1. The van der Waals surface area contributed by atoms with Crippen LogP contribution in [0.2, 0.25) is 0 Å². The van der Waals surface area contributed by atoms with Crippen LogP contribution >= 0.6 is 0 Å². The SMILES string of the molecule is CCCCC(NCCCC1CCCC1)c1ccc(F)cc1. The average Bonchev–Trinajstić information content (AvgIpc) is 3.01. The fraction of sp³-hybridized carbons (Fsp3) is 0.684. The van der Waals surface area contributed by atoms with Crippen molar-refractivity contribution in [2.45, 2.75) is 70.8 Å². The molecule has 0 spiro atoms. The van der Waals surface area contributed by atoms with Crippen LogP contribution in [-0.4, -0.2) is 6.54 Å². The first kappa shape index (κ1) is 16.5. The summed E-state index contributed by atoms with van der Waals surface area (Å²) in [6.07, 6.45) is 12.0. The maximum atomic E-state index is 13.1. The van der Waals surface area contributed by atoms with E-state index >= 15 is 0 Å². The highest BCUT2D eigenvalue weighted by molar-refractivity contribution is 5.19. The molecule has 1 fully saturated rings. The van der Waals surface area contributed by atoms with Gasteiger partial charge in [-0.15, -0.1) is 0 Å². The van der Waals surface area contributed by atoms with Crippen LogP contribution in [0.1, 0.15) is 76.3 Å². The predicted octanol–water partition coefficient (Wildman–Crippen LogP) is 5.62. The third kappa shape index (κ3) is 5.78. The van der Waals surface area contributed by atoms with Crippen LogP contribution in [0.3, 0.4) is 0 Å². The molecule has 0 amide bonds. The Morgan fingerprint density at radius 3 is 2.52 bits per heavy atom. The molecule has 1 aromatic rings. The summed E-state index contributed by atoms with van der Waals surface area (Å²) in [7, 11) is 0. The zero-order valence-electron chi connectivity index (χ0n) is 13.4. The summed E-state index contributed by atoms with van der Waals surface area (Å²) in [6, 6.07) is 7.40. The van der Waals surface area contributed by atoms with Crippen LogP contribution in [0.4, 0.5) is 4.39 Å². The maximum Gasteiger partial charge on any atom is 0.123 e. The molecule has 1 aliphatic rings. The summed E-state index contributed by atoms with van der Waals surface area (Å²) in [5.74, 6) is 0.834. The first-order chi connectivity index (χ1) is 10.3. The van der Waals surface area contributed by atoms with Crippen LogP contribution in [0.25, 0.3) is 0 Å². The zero-order chi connectivity index (χ0) is 14.9. The van der Waals surface area contributed by atoms with E-state index in [9.17, 15) is 4.39 Å². The van der Waals surface area contributed by atoms with Gasteiger partial charge < -0.3 is 5.32 Å². The van der Waals surface area contributed by atoms with Gasteiger partial charge in [-0.25, -0.2) is 4.39 Å². The molecule has 2 rings (SSSR count). The minimum Gasteiger partial charge on any atom is -0.310 e. The van der Waals surface area contributed by atoms with E-state index in [0.29, 0.717) is 6.04 Å². The Balaban J connectivity index is 1.76. The Hall–Kier alpha value is -0.890. The molecule has 0 radical (unpaired) electrons. The van der Waals surface area contributed by atoms with Crippen molar-refractivity contribution in [1.82, 2.24) is 5.32 Å². The summed E-state index contributed by atoms with van der Waals surface area (Å²) in [6.45, 7) is 3.31. The molecule has 21 heavy (non-hydrogen) atoms. The second kappa shape index (κ2) is 9.19. The van der Waals surface area contributed by atoms with E-state index in [1.54, 1.807) is 12.1 Å². The van der Waals surface area contributed by atoms with Crippen molar-refractivity contribution in [2.24, 2.45) is 5.92 Å². The largest absolute Gasteiger partial charge is 0.310 e.